The van der Waals surface area contributed by atoms with Crippen molar-refractivity contribution in [2.45, 2.75) is 32.1 Å². The molecule has 0 fully saturated rings. The minimum absolute atomic E-state index is 0.458. The molecule has 0 amide bonds. The number of hydrogen-bond donors (Lipinski definition) is 2. The Bertz CT molecular complexity index is 654. The van der Waals surface area contributed by atoms with Crippen LogP contribution in [0.1, 0.15) is 35.0 Å². The molecule has 0 spiro atoms. The average molecular weight is 289 g/mol. The molecule has 1 unspecified atom stereocenters. The summed E-state index contributed by atoms with van der Waals surface area (Å²) in [4.78, 5) is 21.1. The van der Waals surface area contributed by atoms with E-state index in [0.29, 0.717) is 6.42 Å². The number of anilines is 2. The second kappa shape index (κ2) is 5.20. The number of rotatable bonds is 3. The molecule has 0 bridgehead atoms. The van der Waals surface area contributed by atoms with Gasteiger partial charge in [0.2, 0.25) is 0 Å². The van der Waals surface area contributed by atoms with Crippen molar-refractivity contribution >= 4 is 28.1 Å². The van der Waals surface area contributed by atoms with Crippen LogP contribution in [-0.2, 0) is 11.2 Å². The maximum atomic E-state index is 11.3. The number of fused-ring (bicyclic) bond motifs is 1. The molecule has 1 aliphatic rings. The van der Waals surface area contributed by atoms with Crippen molar-refractivity contribution < 1.29 is 9.90 Å². The highest BCUT2D eigenvalue weighted by atomic mass is 32.1. The van der Waals surface area contributed by atoms with E-state index in [4.69, 9.17) is 0 Å². The third kappa shape index (κ3) is 2.38. The largest absolute Gasteiger partial charge is 0.481 e. The van der Waals surface area contributed by atoms with Crippen molar-refractivity contribution in [3.8, 4) is 0 Å². The zero-order chi connectivity index (χ0) is 14.1. The van der Waals surface area contributed by atoms with Gasteiger partial charge in [0.05, 0.1) is 17.1 Å². The van der Waals surface area contributed by atoms with Crippen molar-refractivity contribution in [2.75, 3.05) is 5.32 Å². The number of aliphatic carboxylic acids is 1. The van der Waals surface area contributed by atoms with E-state index >= 15 is 0 Å². The maximum Gasteiger partial charge on any atom is 0.312 e. The van der Waals surface area contributed by atoms with Crippen molar-refractivity contribution in [1.82, 2.24) is 9.97 Å². The van der Waals surface area contributed by atoms with E-state index in [-0.39, 0.29) is 0 Å². The third-order valence-electron chi connectivity index (χ3n) is 3.50. The molecular formula is C14H15N3O2S. The predicted octanol–water partition coefficient (Wildman–Crippen LogP) is 3.09. The van der Waals surface area contributed by atoms with E-state index < -0.39 is 11.9 Å². The standard InChI is InChI=1S/C14H15N3O2S/c1-8-10(5-3-7-15-8)16-14-17-12-9(13(18)19)4-2-6-11(12)20-14/h3,5,7,9H,2,4,6H2,1H3,(H,16,17)(H,18,19). The molecule has 1 atom stereocenters. The van der Waals surface area contributed by atoms with Gasteiger partial charge in [-0.25, -0.2) is 4.98 Å². The summed E-state index contributed by atoms with van der Waals surface area (Å²) in [6, 6.07) is 3.81. The van der Waals surface area contributed by atoms with Crippen LogP contribution in [0.3, 0.4) is 0 Å². The summed E-state index contributed by atoms with van der Waals surface area (Å²) in [6.45, 7) is 1.93. The van der Waals surface area contributed by atoms with E-state index in [1.54, 1.807) is 17.5 Å². The van der Waals surface area contributed by atoms with Crippen LogP contribution in [0.4, 0.5) is 10.8 Å². The van der Waals surface area contributed by atoms with Gasteiger partial charge in [-0.1, -0.05) is 0 Å². The highest BCUT2D eigenvalue weighted by Crippen LogP contribution is 2.37. The topological polar surface area (TPSA) is 75.1 Å². The summed E-state index contributed by atoms with van der Waals surface area (Å²) in [5, 5.41) is 13.3. The summed E-state index contributed by atoms with van der Waals surface area (Å²) in [5.41, 5.74) is 2.54. The molecule has 0 aromatic carbocycles. The lowest BCUT2D eigenvalue weighted by Crippen LogP contribution is -2.17. The number of hydrogen-bond acceptors (Lipinski definition) is 5. The van der Waals surface area contributed by atoms with E-state index in [1.165, 1.54) is 0 Å². The van der Waals surface area contributed by atoms with Gasteiger partial charge in [0.15, 0.2) is 5.13 Å². The number of pyridine rings is 1. The number of carbonyl (C=O) groups is 1. The highest BCUT2D eigenvalue weighted by molar-refractivity contribution is 7.15. The molecule has 2 heterocycles. The van der Waals surface area contributed by atoms with Crippen LogP contribution >= 0.6 is 11.3 Å². The van der Waals surface area contributed by atoms with Gasteiger partial charge in [0, 0.05) is 11.1 Å². The van der Waals surface area contributed by atoms with Crippen LogP contribution in [0.5, 0.6) is 0 Å². The molecule has 0 radical (unpaired) electrons. The SMILES string of the molecule is Cc1ncccc1Nc1nc2c(s1)CCCC2C(=O)O. The van der Waals surface area contributed by atoms with Gasteiger partial charge in [-0.3, -0.25) is 9.78 Å². The normalized spacial score (nSPS) is 17.6. The number of nitrogens with zero attached hydrogens (tertiary/aromatic N) is 2. The summed E-state index contributed by atoms with van der Waals surface area (Å²) < 4.78 is 0. The number of aryl methyl sites for hydroxylation is 2. The van der Waals surface area contributed by atoms with Gasteiger partial charge in [-0.05, 0) is 38.3 Å². The van der Waals surface area contributed by atoms with E-state index in [0.717, 1.165) is 39.9 Å². The van der Waals surface area contributed by atoms with Crippen LogP contribution in [0.15, 0.2) is 18.3 Å². The first-order valence-corrected chi connectivity index (χ1v) is 7.38. The molecule has 20 heavy (non-hydrogen) atoms. The summed E-state index contributed by atoms with van der Waals surface area (Å²) in [7, 11) is 0. The molecule has 2 aromatic heterocycles. The Kier molecular flexibility index (Phi) is 3.40. The van der Waals surface area contributed by atoms with Gasteiger partial charge in [0.25, 0.3) is 0 Å². The smallest absolute Gasteiger partial charge is 0.312 e. The van der Waals surface area contributed by atoms with Crippen LogP contribution < -0.4 is 5.32 Å². The number of nitrogens with one attached hydrogen (secondary N) is 1. The quantitative estimate of drug-likeness (QED) is 0.908. The number of aromatic nitrogens is 2. The summed E-state index contributed by atoms with van der Waals surface area (Å²) in [6.07, 6.45) is 4.26. The molecule has 0 saturated heterocycles. The average Bonchev–Trinajstić information content (AvgIpc) is 2.83. The number of thiazole rings is 1. The van der Waals surface area contributed by atoms with Crippen LogP contribution in [-0.4, -0.2) is 21.0 Å². The Balaban J connectivity index is 1.90. The van der Waals surface area contributed by atoms with Crippen LogP contribution in [0.25, 0.3) is 0 Å². The Hall–Kier alpha value is -1.95. The van der Waals surface area contributed by atoms with Gasteiger partial charge >= 0.3 is 5.97 Å². The fraction of sp³-hybridized carbons (Fsp3) is 0.357. The Morgan fingerprint density at radius 3 is 3.15 bits per heavy atom. The second-order valence-corrected chi connectivity index (χ2v) is 5.96. The van der Waals surface area contributed by atoms with E-state index in [1.807, 2.05) is 19.1 Å². The Labute approximate surface area is 120 Å². The first-order chi connectivity index (χ1) is 9.65. The molecule has 3 rings (SSSR count). The maximum absolute atomic E-state index is 11.3. The first kappa shape index (κ1) is 13.1. The lowest BCUT2D eigenvalue weighted by molar-refractivity contribution is -0.139. The minimum Gasteiger partial charge on any atom is -0.481 e. The molecule has 104 valence electrons. The molecule has 0 saturated carbocycles. The van der Waals surface area contributed by atoms with Gasteiger partial charge in [-0.2, -0.15) is 0 Å². The molecule has 2 aromatic rings. The monoisotopic (exact) mass is 289 g/mol. The van der Waals surface area contributed by atoms with Crippen molar-refractivity contribution in [2.24, 2.45) is 0 Å². The van der Waals surface area contributed by atoms with E-state index in [2.05, 4.69) is 15.3 Å². The first-order valence-electron chi connectivity index (χ1n) is 6.56. The Morgan fingerprint density at radius 1 is 1.55 bits per heavy atom. The predicted molar refractivity (Wildman–Crippen MR) is 77.7 cm³/mol. The fourth-order valence-corrected chi connectivity index (χ4v) is 3.52. The molecule has 2 N–H and O–H groups in total. The summed E-state index contributed by atoms with van der Waals surface area (Å²) in [5.74, 6) is -1.24. The lowest BCUT2D eigenvalue weighted by atomic mass is 9.91. The summed E-state index contributed by atoms with van der Waals surface area (Å²) >= 11 is 1.55. The van der Waals surface area contributed by atoms with E-state index in [9.17, 15) is 9.90 Å². The molecule has 0 aliphatic heterocycles. The highest BCUT2D eigenvalue weighted by Gasteiger charge is 2.30. The number of carboxylic acids is 1. The van der Waals surface area contributed by atoms with Gasteiger partial charge in [-0.15, -0.1) is 11.3 Å². The molecule has 5 nitrogen and oxygen atoms in total. The third-order valence-corrected chi connectivity index (χ3v) is 4.55. The van der Waals surface area contributed by atoms with Crippen molar-refractivity contribution in [1.29, 1.82) is 0 Å². The molecular weight excluding hydrogens is 274 g/mol. The second-order valence-electron chi connectivity index (χ2n) is 4.87. The number of carboxylic acid groups (broad SMARTS) is 1. The van der Waals surface area contributed by atoms with Gasteiger partial charge < -0.3 is 10.4 Å². The molecule has 1 aliphatic carbocycles. The van der Waals surface area contributed by atoms with Crippen LogP contribution in [0, 0.1) is 6.92 Å². The van der Waals surface area contributed by atoms with Gasteiger partial charge in [0.1, 0.15) is 5.92 Å². The molecule has 6 heteroatoms. The lowest BCUT2D eigenvalue weighted by Gasteiger charge is -2.16. The zero-order valence-electron chi connectivity index (χ0n) is 11.1. The zero-order valence-corrected chi connectivity index (χ0v) is 11.9. The van der Waals surface area contributed by atoms with Crippen LogP contribution in [0.2, 0.25) is 0 Å². The van der Waals surface area contributed by atoms with Crippen molar-refractivity contribution in [3.05, 3.63) is 34.6 Å². The van der Waals surface area contributed by atoms with Crippen molar-refractivity contribution in [3.63, 3.8) is 0 Å². The Morgan fingerprint density at radius 2 is 2.40 bits per heavy atom. The minimum atomic E-state index is -0.777. The fourth-order valence-electron chi connectivity index (χ4n) is 2.44.